The van der Waals surface area contributed by atoms with Crippen molar-refractivity contribution in [3.63, 3.8) is 0 Å². The number of hydrogen-bond acceptors (Lipinski definition) is 5. The number of H-pyrrole nitrogens is 1. The zero-order valence-electron chi connectivity index (χ0n) is 19.4. The molecular weight excluding hydrogens is 414 g/mol. The van der Waals surface area contributed by atoms with Gasteiger partial charge in [0.15, 0.2) is 5.82 Å². The number of rotatable bonds is 11. The number of aromatic amines is 1. The van der Waals surface area contributed by atoms with Crippen molar-refractivity contribution in [2.24, 2.45) is 0 Å². The van der Waals surface area contributed by atoms with Crippen LogP contribution in [0.2, 0.25) is 0 Å². The van der Waals surface area contributed by atoms with Crippen LogP contribution in [0.3, 0.4) is 0 Å². The molecule has 8 nitrogen and oxygen atoms in total. The zero-order chi connectivity index (χ0) is 23.0. The maximum atomic E-state index is 13.0. The molecule has 0 bridgehead atoms. The van der Waals surface area contributed by atoms with Crippen molar-refractivity contribution in [2.45, 2.75) is 65.5 Å². The van der Waals surface area contributed by atoms with E-state index in [-0.39, 0.29) is 5.69 Å². The Hall–Kier alpha value is -3.55. The van der Waals surface area contributed by atoms with Gasteiger partial charge in [-0.1, -0.05) is 75.6 Å². The number of unbranched alkanes of at least 4 members (excludes halogenated alkanes) is 3. The maximum Gasteiger partial charge on any atom is 0.346 e. The predicted octanol–water partition coefficient (Wildman–Crippen LogP) is 4.47. The van der Waals surface area contributed by atoms with Gasteiger partial charge in [-0.2, -0.15) is 5.10 Å². The van der Waals surface area contributed by atoms with Gasteiger partial charge in [0.2, 0.25) is 0 Å². The molecule has 0 aliphatic carbocycles. The largest absolute Gasteiger partial charge is 0.346 e. The minimum Gasteiger partial charge on any atom is -0.274 e. The molecule has 2 aromatic carbocycles. The summed E-state index contributed by atoms with van der Waals surface area (Å²) in [6, 6.07) is 16.5. The Balaban J connectivity index is 1.55. The van der Waals surface area contributed by atoms with E-state index < -0.39 is 0 Å². The van der Waals surface area contributed by atoms with Gasteiger partial charge in [-0.15, -0.1) is 5.10 Å². The Morgan fingerprint density at radius 1 is 0.909 bits per heavy atom. The van der Waals surface area contributed by atoms with Crippen molar-refractivity contribution in [3.05, 3.63) is 70.4 Å². The molecule has 8 heteroatoms. The number of hydrogen-bond donors (Lipinski definition) is 1. The number of aromatic nitrogens is 7. The van der Waals surface area contributed by atoms with Crippen LogP contribution in [0.4, 0.5) is 0 Å². The van der Waals surface area contributed by atoms with E-state index in [1.807, 2.05) is 16.7 Å². The molecule has 2 heterocycles. The Morgan fingerprint density at radius 3 is 2.42 bits per heavy atom. The summed E-state index contributed by atoms with van der Waals surface area (Å²) in [5.41, 5.74) is 4.20. The summed E-state index contributed by atoms with van der Waals surface area (Å²) in [4.78, 5) is 13.0. The van der Waals surface area contributed by atoms with Crippen molar-refractivity contribution in [1.82, 2.24) is 35.0 Å². The fourth-order valence-corrected chi connectivity index (χ4v) is 3.93. The third-order valence-corrected chi connectivity index (χ3v) is 5.84. The number of tetrazole rings is 1. The molecule has 0 aliphatic rings. The molecule has 172 valence electrons. The zero-order valence-corrected chi connectivity index (χ0v) is 19.4. The van der Waals surface area contributed by atoms with Crippen LogP contribution in [-0.4, -0.2) is 35.0 Å². The Labute approximate surface area is 193 Å². The highest BCUT2D eigenvalue weighted by Crippen LogP contribution is 2.24. The normalized spacial score (nSPS) is 11.2. The highest BCUT2D eigenvalue weighted by Gasteiger charge is 2.13. The summed E-state index contributed by atoms with van der Waals surface area (Å²) in [7, 11) is 0. The highest BCUT2D eigenvalue weighted by molar-refractivity contribution is 5.70. The lowest BCUT2D eigenvalue weighted by Crippen LogP contribution is -2.26. The van der Waals surface area contributed by atoms with Gasteiger partial charge < -0.3 is 0 Å². The van der Waals surface area contributed by atoms with E-state index >= 15 is 0 Å². The fourth-order valence-electron chi connectivity index (χ4n) is 3.93. The molecule has 0 saturated heterocycles. The lowest BCUT2D eigenvalue weighted by atomic mass is 10.0. The standard InChI is InChI=1S/C25H31N7O/c1-3-5-7-11-23-28-32(16-6-4-2)25(33)31(23)18-19-12-14-20(15-13-19)21-9-8-10-22(17-21)24-26-29-30-27-24/h8-10,12-15,17H,3-7,11,16,18H2,1-2H3,(H,26,27,29,30). The van der Waals surface area contributed by atoms with E-state index in [1.165, 1.54) is 0 Å². The molecule has 0 spiro atoms. The molecule has 4 aromatic rings. The lowest BCUT2D eigenvalue weighted by molar-refractivity contribution is 0.544. The van der Waals surface area contributed by atoms with Crippen LogP contribution in [0, 0.1) is 0 Å². The van der Waals surface area contributed by atoms with E-state index in [1.54, 1.807) is 4.68 Å². The molecule has 2 aromatic heterocycles. The van der Waals surface area contributed by atoms with E-state index in [0.717, 1.165) is 66.6 Å². The summed E-state index contributed by atoms with van der Waals surface area (Å²) in [6.45, 7) is 5.53. The monoisotopic (exact) mass is 445 g/mol. The van der Waals surface area contributed by atoms with Crippen molar-refractivity contribution in [2.75, 3.05) is 0 Å². The summed E-state index contributed by atoms with van der Waals surface area (Å²) in [5.74, 6) is 1.53. The molecule has 0 amide bonds. The lowest BCUT2D eigenvalue weighted by Gasteiger charge is -2.08. The molecule has 0 unspecified atom stereocenters. The molecule has 0 aliphatic heterocycles. The molecule has 0 atom stereocenters. The second-order valence-corrected chi connectivity index (χ2v) is 8.35. The van der Waals surface area contributed by atoms with Crippen LogP contribution >= 0.6 is 0 Å². The Kier molecular flexibility index (Phi) is 7.44. The molecular formula is C25H31N7O. The van der Waals surface area contributed by atoms with Gasteiger partial charge in [-0.3, -0.25) is 4.57 Å². The van der Waals surface area contributed by atoms with Crippen molar-refractivity contribution in [1.29, 1.82) is 0 Å². The average Bonchev–Trinajstić information content (AvgIpc) is 3.48. The van der Waals surface area contributed by atoms with Crippen molar-refractivity contribution < 1.29 is 0 Å². The summed E-state index contributed by atoms with van der Waals surface area (Å²) >= 11 is 0. The van der Waals surface area contributed by atoms with Crippen LogP contribution < -0.4 is 5.69 Å². The minimum absolute atomic E-state index is 0.00704. The first-order valence-electron chi connectivity index (χ1n) is 11.8. The summed E-state index contributed by atoms with van der Waals surface area (Å²) in [6.07, 6.45) is 6.19. The SMILES string of the molecule is CCCCCc1nn(CCCC)c(=O)n1Cc1ccc(-c2cccc(-c3nnn[nH]3)c2)cc1. The molecule has 0 fully saturated rings. The van der Waals surface area contributed by atoms with E-state index in [2.05, 4.69) is 76.0 Å². The molecule has 1 N–H and O–H groups in total. The van der Waals surface area contributed by atoms with E-state index in [9.17, 15) is 4.79 Å². The summed E-state index contributed by atoms with van der Waals surface area (Å²) < 4.78 is 3.49. The molecule has 4 rings (SSSR count). The second kappa shape index (κ2) is 10.8. The van der Waals surface area contributed by atoms with Gasteiger partial charge in [0.1, 0.15) is 5.82 Å². The molecule has 0 saturated carbocycles. The third-order valence-electron chi connectivity index (χ3n) is 5.84. The first kappa shape index (κ1) is 22.6. The Morgan fingerprint density at radius 2 is 1.70 bits per heavy atom. The smallest absolute Gasteiger partial charge is 0.274 e. The van der Waals surface area contributed by atoms with Crippen LogP contribution in [0.1, 0.15) is 57.3 Å². The quantitative estimate of drug-likeness (QED) is 0.344. The third kappa shape index (κ3) is 5.45. The minimum atomic E-state index is -0.00704. The van der Waals surface area contributed by atoms with E-state index in [0.29, 0.717) is 18.9 Å². The van der Waals surface area contributed by atoms with Crippen molar-refractivity contribution in [3.8, 4) is 22.5 Å². The fraction of sp³-hybridized carbons (Fsp3) is 0.400. The number of benzene rings is 2. The van der Waals surface area contributed by atoms with Crippen LogP contribution in [0.25, 0.3) is 22.5 Å². The van der Waals surface area contributed by atoms with Gasteiger partial charge in [0, 0.05) is 18.5 Å². The average molecular weight is 446 g/mol. The van der Waals surface area contributed by atoms with Gasteiger partial charge in [0.05, 0.1) is 6.54 Å². The second-order valence-electron chi connectivity index (χ2n) is 8.35. The number of nitrogens with one attached hydrogen (secondary N) is 1. The van der Waals surface area contributed by atoms with Gasteiger partial charge in [-0.05, 0) is 46.0 Å². The highest BCUT2D eigenvalue weighted by atomic mass is 16.2. The van der Waals surface area contributed by atoms with Crippen LogP contribution in [-0.2, 0) is 19.5 Å². The molecule has 33 heavy (non-hydrogen) atoms. The van der Waals surface area contributed by atoms with Gasteiger partial charge in [0.25, 0.3) is 0 Å². The summed E-state index contributed by atoms with van der Waals surface area (Å²) in [5, 5.41) is 18.8. The number of nitrogens with zero attached hydrogens (tertiary/aromatic N) is 6. The maximum absolute atomic E-state index is 13.0. The predicted molar refractivity (Wildman–Crippen MR) is 129 cm³/mol. The molecule has 0 radical (unpaired) electrons. The van der Waals surface area contributed by atoms with Crippen LogP contribution in [0.15, 0.2) is 53.3 Å². The Bertz CT molecular complexity index is 1210. The topological polar surface area (TPSA) is 94.3 Å². The van der Waals surface area contributed by atoms with Crippen LogP contribution in [0.5, 0.6) is 0 Å². The van der Waals surface area contributed by atoms with Gasteiger partial charge in [-0.25, -0.2) is 14.6 Å². The first-order valence-corrected chi connectivity index (χ1v) is 11.8. The van der Waals surface area contributed by atoms with Gasteiger partial charge >= 0.3 is 5.69 Å². The first-order chi connectivity index (χ1) is 16.2. The number of aryl methyl sites for hydroxylation is 2. The van der Waals surface area contributed by atoms with Crippen molar-refractivity contribution >= 4 is 0 Å². The van der Waals surface area contributed by atoms with E-state index in [4.69, 9.17) is 0 Å².